The third kappa shape index (κ3) is 4.73. The lowest BCUT2D eigenvalue weighted by Gasteiger charge is -2.05. The number of rotatable bonds is 7. The fourth-order valence-electron chi connectivity index (χ4n) is 2.47. The number of nitrogens with one attached hydrogen (secondary N) is 1. The average molecular weight is 327 g/mol. The number of ether oxygens (including phenoxy) is 3. The van der Waals surface area contributed by atoms with Gasteiger partial charge in [-0.2, -0.15) is 0 Å². The number of benzene rings is 2. The van der Waals surface area contributed by atoms with Crippen molar-refractivity contribution in [2.45, 2.75) is 31.8 Å². The molecule has 0 aliphatic carbocycles. The van der Waals surface area contributed by atoms with Crippen LogP contribution >= 0.6 is 0 Å². The quantitative estimate of drug-likeness (QED) is 0.793. The first-order valence-corrected chi connectivity index (χ1v) is 8.00. The lowest BCUT2D eigenvalue weighted by molar-refractivity contribution is 0.135. The average Bonchev–Trinajstić information content (AvgIpc) is 3.37. The summed E-state index contributed by atoms with van der Waals surface area (Å²) >= 11 is 0. The molecule has 1 saturated heterocycles. The third-order valence-electron chi connectivity index (χ3n) is 3.93. The van der Waals surface area contributed by atoms with Crippen molar-refractivity contribution in [1.82, 2.24) is 5.32 Å². The summed E-state index contributed by atoms with van der Waals surface area (Å²) in [6.45, 7) is 0.260. The van der Waals surface area contributed by atoms with E-state index in [1.165, 1.54) is 5.56 Å². The van der Waals surface area contributed by atoms with E-state index in [0.29, 0.717) is 0 Å². The van der Waals surface area contributed by atoms with E-state index < -0.39 is 6.09 Å². The zero-order valence-electron chi connectivity index (χ0n) is 13.6. The molecule has 126 valence electrons. The molecule has 0 saturated carbocycles. The van der Waals surface area contributed by atoms with E-state index >= 15 is 0 Å². The minimum absolute atomic E-state index is 0.0522. The van der Waals surface area contributed by atoms with E-state index in [9.17, 15) is 4.79 Å². The molecule has 0 bridgehead atoms. The predicted octanol–water partition coefficient (Wildman–Crippen LogP) is 3.28. The van der Waals surface area contributed by atoms with Gasteiger partial charge in [0.25, 0.3) is 0 Å². The van der Waals surface area contributed by atoms with Gasteiger partial charge in [-0.05, 0) is 36.1 Å². The molecule has 1 fully saturated rings. The van der Waals surface area contributed by atoms with E-state index in [2.05, 4.69) is 5.32 Å². The van der Waals surface area contributed by atoms with Gasteiger partial charge in [-0.25, -0.2) is 4.79 Å². The molecule has 1 heterocycles. The zero-order valence-corrected chi connectivity index (χ0v) is 13.6. The summed E-state index contributed by atoms with van der Waals surface area (Å²) in [7, 11) is 1.65. The molecular weight excluding hydrogens is 306 g/mol. The van der Waals surface area contributed by atoms with Gasteiger partial charge < -0.3 is 14.2 Å². The van der Waals surface area contributed by atoms with E-state index in [1.807, 2.05) is 54.6 Å². The summed E-state index contributed by atoms with van der Waals surface area (Å²) in [5.41, 5.74) is 2.18. The number of carbonyl (C=O) groups excluding carboxylic acids is 1. The molecule has 1 aliphatic rings. The van der Waals surface area contributed by atoms with E-state index in [1.54, 1.807) is 7.11 Å². The molecule has 0 aromatic heterocycles. The Balaban J connectivity index is 1.34. The summed E-state index contributed by atoms with van der Waals surface area (Å²) in [6, 6.07) is 17.5. The first kappa shape index (κ1) is 16.3. The van der Waals surface area contributed by atoms with Gasteiger partial charge >= 0.3 is 6.09 Å². The zero-order chi connectivity index (χ0) is 16.8. The van der Waals surface area contributed by atoms with Gasteiger partial charge in [0.1, 0.15) is 18.5 Å². The second-order valence-corrected chi connectivity index (χ2v) is 5.69. The molecular formula is C19H21NO4. The first-order chi connectivity index (χ1) is 11.7. The normalized spacial score (nSPS) is 18.7. The van der Waals surface area contributed by atoms with Gasteiger partial charge in [0, 0.05) is 0 Å². The van der Waals surface area contributed by atoms with Crippen LogP contribution in [-0.2, 0) is 22.5 Å². The van der Waals surface area contributed by atoms with Gasteiger partial charge in [0.15, 0.2) is 6.23 Å². The number of carbonyl (C=O) groups is 1. The fraction of sp³-hybridized carbons (Fsp3) is 0.316. The van der Waals surface area contributed by atoms with Crippen molar-refractivity contribution in [1.29, 1.82) is 0 Å². The lowest BCUT2D eigenvalue weighted by Crippen LogP contribution is -2.28. The highest BCUT2D eigenvalue weighted by atomic mass is 16.6. The van der Waals surface area contributed by atoms with Gasteiger partial charge in [-0.15, -0.1) is 0 Å². The predicted molar refractivity (Wildman–Crippen MR) is 89.7 cm³/mol. The first-order valence-electron chi connectivity index (χ1n) is 8.00. The highest BCUT2D eigenvalue weighted by Gasteiger charge is 2.39. The highest BCUT2D eigenvalue weighted by Crippen LogP contribution is 2.25. The van der Waals surface area contributed by atoms with Crippen molar-refractivity contribution < 1.29 is 19.0 Å². The largest absolute Gasteiger partial charge is 0.497 e. The SMILES string of the molecule is COc1ccc(CC[C@@H]2OC2NC(=O)OCc2ccccc2)cc1. The molecule has 2 aromatic rings. The Labute approximate surface area is 141 Å². The smallest absolute Gasteiger partial charge is 0.409 e. The van der Waals surface area contributed by atoms with Crippen molar-refractivity contribution in [3.05, 3.63) is 65.7 Å². The maximum absolute atomic E-state index is 11.7. The van der Waals surface area contributed by atoms with Gasteiger partial charge in [-0.3, -0.25) is 5.32 Å². The van der Waals surface area contributed by atoms with Crippen LogP contribution in [0, 0.1) is 0 Å². The number of epoxide rings is 1. The Morgan fingerprint density at radius 3 is 2.54 bits per heavy atom. The molecule has 1 amide bonds. The Bertz CT molecular complexity index is 657. The molecule has 1 N–H and O–H groups in total. The van der Waals surface area contributed by atoms with Crippen LogP contribution in [-0.4, -0.2) is 25.5 Å². The van der Waals surface area contributed by atoms with Crippen molar-refractivity contribution in [2.75, 3.05) is 7.11 Å². The number of alkyl carbamates (subject to hydrolysis) is 1. The molecule has 5 heteroatoms. The second kappa shape index (κ2) is 7.84. The Morgan fingerprint density at radius 1 is 1.08 bits per heavy atom. The van der Waals surface area contributed by atoms with Crippen molar-refractivity contribution in [3.8, 4) is 5.75 Å². The summed E-state index contributed by atoms with van der Waals surface area (Å²) in [5.74, 6) is 0.849. The van der Waals surface area contributed by atoms with E-state index in [0.717, 1.165) is 24.2 Å². The summed E-state index contributed by atoms with van der Waals surface area (Å²) < 4.78 is 15.8. The topological polar surface area (TPSA) is 60.1 Å². The van der Waals surface area contributed by atoms with Crippen molar-refractivity contribution in [2.24, 2.45) is 0 Å². The minimum Gasteiger partial charge on any atom is -0.497 e. The molecule has 5 nitrogen and oxygen atoms in total. The molecule has 1 unspecified atom stereocenters. The van der Waals surface area contributed by atoms with Crippen LogP contribution in [0.5, 0.6) is 5.75 Å². The summed E-state index contributed by atoms with van der Waals surface area (Å²) in [5, 5.41) is 2.73. The third-order valence-corrected chi connectivity index (χ3v) is 3.93. The van der Waals surface area contributed by atoms with Crippen LogP contribution in [0.4, 0.5) is 4.79 Å². The summed E-state index contributed by atoms with van der Waals surface area (Å²) in [4.78, 5) is 11.7. The standard InChI is InChI=1S/C19H21NO4/c1-22-16-10-7-14(8-11-16)9-12-17-18(24-17)20-19(21)23-13-15-5-3-2-4-6-15/h2-8,10-11,17-18H,9,12-13H2,1H3,(H,20,21)/t17-,18?/m0/s1. The fourth-order valence-corrected chi connectivity index (χ4v) is 2.47. The van der Waals surface area contributed by atoms with Crippen LogP contribution in [0.15, 0.2) is 54.6 Å². The molecule has 1 aliphatic heterocycles. The van der Waals surface area contributed by atoms with E-state index in [4.69, 9.17) is 14.2 Å². The van der Waals surface area contributed by atoms with Gasteiger partial charge in [-0.1, -0.05) is 42.5 Å². The Morgan fingerprint density at radius 2 is 1.83 bits per heavy atom. The second-order valence-electron chi connectivity index (χ2n) is 5.69. The van der Waals surface area contributed by atoms with Gasteiger partial charge in [0.05, 0.1) is 7.11 Å². The molecule has 0 spiro atoms. The molecule has 2 aromatic carbocycles. The van der Waals surface area contributed by atoms with Gasteiger partial charge in [0.2, 0.25) is 0 Å². The Kier molecular flexibility index (Phi) is 5.33. The van der Waals surface area contributed by atoms with Crippen LogP contribution < -0.4 is 10.1 Å². The molecule has 24 heavy (non-hydrogen) atoms. The van der Waals surface area contributed by atoms with Crippen LogP contribution in [0.3, 0.4) is 0 Å². The van der Waals surface area contributed by atoms with Crippen molar-refractivity contribution >= 4 is 6.09 Å². The molecule has 2 atom stereocenters. The lowest BCUT2D eigenvalue weighted by atomic mass is 10.1. The number of amides is 1. The minimum atomic E-state index is -0.448. The molecule has 0 radical (unpaired) electrons. The Hall–Kier alpha value is -2.53. The number of hydrogen-bond acceptors (Lipinski definition) is 4. The van der Waals surface area contributed by atoms with Crippen LogP contribution in [0.1, 0.15) is 17.5 Å². The van der Waals surface area contributed by atoms with E-state index in [-0.39, 0.29) is 18.9 Å². The van der Waals surface area contributed by atoms with Crippen LogP contribution in [0.2, 0.25) is 0 Å². The number of hydrogen-bond donors (Lipinski definition) is 1. The number of aryl methyl sites for hydroxylation is 1. The monoisotopic (exact) mass is 327 g/mol. The van der Waals surface area contributed by atoms with Crippen molar-refractivity contribution in [3.63, 3.8) is 0 Å². The van der Waals surface area contributed by atoms with Crippen LogP contribution in [0.25, 0.3) is 0 Å². The number of methoxy groups -OCH3 is 1. The maximum atomic E-state index is 11.7. The summed E-state index contributed by atoms with van der Waals surface area (Å²) in [6.07, 6.45) is 1.11. The molecule has 3 rings (SSSR count). The highest BCUT2D eigenvalue weighted by molar-refractivity contribution is 5.67. The maximum Gasteiger partial charge on any atom is 0.409 e.